The SMILES string of the molecule is CCNS(=O)(=O)c1ccc(NCC2CCCNC2)cc1. The van der Waals surface area contributed by atoms with Crippen molar-refractivity contribution in [2.45, 2.75) is 24.7 Å². The summed E-state index contributed by atoms with van der Waals surface area (Å²) in [5.74, 6) is 0.647. The molecule has 1 atom stereocenters. The minimum absolute atomic E-state index is 0.309. The number of hydrogen-bond acceptors (Lipinski definition) is 4. The second kappa shape index (κ2) is 7.06. The Labute approximate surface area is 121 Å². The van der Waals surface area contributed by atoms with Crippen molar-refractivity contribution in [1.82, 2.24) is 10.0 Å². The van der Waals surface area contributed by atoms with Gasteiger partial charge in [-0.3, -0.25) is 0 Å². The van der Waals surface area contributed by atoms with Crippen LogP contribution < -0.4 is 15.4 Å². The normalized spacial score (nSPS) is 19.8. The van der Waals surface area contributed by atoms with E-state index in [9.17, 15) is 8.42 Å². The van der Waals surface area contributed by atoms with Crippen molar-refractivity contribution in [1.29, 1.82) is 0 Å². The number of sulfonamides is 1. The van der Waals surface area contributed by atoms with E-state index < -0.39 is 10.0 Å². The highest BCUT2D eigenvalue weighted by atomic mass is 32.2. The monoisotopic (exact) mass is 297 g/mol. The maximum Gasteiger partial charge on any atom is 0.240 e. The van der Waals surface area contributed by atoms with Gasteiger partial charge in [-0.05, 0) is 56.1 Å². The molecule has 1 heterocycles. The van der Waals surface area contributed by atoms with Crippen molar-refractivity contribution in [3.63, 3.8) is 0 Å². The predicted molar refractivity (Wildman–Crippen MR) is 81.4 cm³/mol. The fraction of sp³-hybridized carbons (Fsp3) is 0.571. The summed E-state index contributed by atoms with van der Waals surface area (Å²) in [6.45, 7) is 5.27. The molecule has 1 aliphatic heterocycles. The molecule has 6 heteroatoms. The first kappa shape index (κ1) is 15.3. The molecule has 0 radical (unpaired) electrons. The first-order chi connectivity index (χ1) is 9.62. The molecule has 3 N–H and O–H groups in total. The maximum absolute atomic E-state index is 11.8. The zero-order valence-electron chi connectivity index (χ0n) is 11.9. The molecule has 0 amide bonds. The maximum atomic E-state index is 11.8. The number of benzene rings is 1. The molecule has 5 nitrogen and oxygen atoms in total. The second-order valence-corrected chi connectivity index (χ2v) is 6.89. The summed E-state index contributed by atoms with van der Waals surface area (Å²) in [6.07, 6.45) is 2.47. The van der Waals surface area contributed by atoms with Crippen LogP contribution in [0.1, 0.15) is 19.8 Å². The number of nitrogens with one attached hydrogen (secondary N) is 3. The third-order valence-electron chi connectivity index (χ3n) is 3.49. The number of hydrogen-bond donors (Lipinski definition) is 3. The van der Waals surface area contributed by atoms with Crippen LogP contribution in [-0.2, 0) is 10.0 Å². The summed E-state index contributed by atoms with van der Waals surface area (Å²) in [7, 11) is -3.35. The molecule has 0 aromatic heterocycles. The molecular weight excluding hydrogens is 274 g/mol. The van der Waals surface area contributed by atoms with Crippen LogP contribution in [-0.4, -0.2) is 34.6 Å². The minimum Gasteiger partial charge on any atom is -0.385 e. The molecule has 1 unspecified atom stereocenters. The van der Waals surface area contributed by atoms with Gasteiger partial charge in [-0.15, -0.1) is 0 Å². The second-order valence-electron chi connectivity index (χ2n) is 5.12. The molecule has 1 aromatic carbocycles. The van der Waals surface area contributed by atoms with Crippen LogP contribution in [0.2, 0.25) is 0 Å². The van der Waals surface area contributed by atoms with Crippen LogP contribution in [0.4, 0.5) is 5.69 Å². The van der Waals surface area contributed by atoms with Crippen LogP contribution in [0.5, 0.6) is 0 Å². The Morgan fingerprint density at radius 3 is 2.65 bits per heavy atom. The zero-order valence-corrected chi connectivity index (χ0v) is 12.7. The Morgan fingerprint density at radius 2 is 2.05 bits per heavy atom. The number of piperidine rings is 1. The number of rotatable bonds is 6. The van der Waals surface area contributed by atoms with E-state index in [0.29, 0.717) is 17.4 Å². The Hall–Kier alpha value is -1.11. The van der Waals surface area contributed by atoms with Gasteiger partial charge in [-0.25, -0.2) is 13.1 Å². The third kappa shape index (κ3) is 4.19. The molecule has 1 aromatic rings. The summed E-state index contributed by atoms with van der Waals surface area (Å²) < 4.78 is 26.1. The molecule has 20 heavy (non-hydrogen) atoms. The van der Waals surface area contributed by atoms with Gasteiger partial charge in [0.25, 0.3) is 0 Å². The van der Waals surface area contributed by atoms with Gasteiger partial charge in [0, 0.05) is 18.8 Å². The lowest BCUT2D eigenvalue weighted by molar-refractivity contribution is 0.393. The van der Waals surface area contributed by atoms with E-state index in [-0.39, 0.29) is 0 Å². The van der Waals surface area contributed by atoms with Gasteiger partial charge < -0.3 is 10.6 Å². The van der Waals surface area contributed by atoms with Crippen LogP contribution in [0, 0.1) is 5.92 Å². The topological polar surface area (TPSA) is 70.2 Å². The van der Waals surface area contributed by atoms with Gasteiger partial charge in [0.15, 0.2) is 0 Å². The Bertz CT molecular complexity index is 508. The van der Waals surface area contributed by atoms with Crippen molar-refractivity contribution in [2.75, 3.05) is 31.5 Å². The first-order valence-corrected chi connectivity index (χ1v) is 8.64. The average molecular weight is 297 g/mol. The lowest BCUT2D eigenvalue weighted by Crippen LogP contribution is -2.33. The third-order valence-corrected chi connectivity index (χ3v) is 5.05. The average Bonchev–Trinajstić information content (AvgIpc) is 2.47. The smallest absolute Gasteiger partial charge is 0.240 e. The van der Waals surface area contributed by atoms with E-state index in [1.54, 1.807) is 19.1 Å². The van der Waals surface area contributed by atoms with E-state index in [1.165, 1.54) is 12.8 Å². The fourth-order valence-corrected chi connectivity index (χ4v) is 3.43. The van der Waals surface area contributed by atoms with Gasteiger partial charge in [0.2, 0.25) is 10.0 Å². The zero-order chi connectivity index (χ0) is 14.4. The van der Waals surface area contributed by atoms with Crippen molar-refractivity contribution in [3.8, 4) is 0 Å². The van der Waals surface area contributed by atoms with Crippen molar-refractivity contribution >= 4 is 15.7 Å². The quantitative estimate of drug-likeness (QED) is 0.742. The van der Waals surface area contributed by atoms with E-state index in [4.69, 9.17) is 0 Å². The predicted octanol–water partition coefficient (Wildman–Crippen LogP) is 1.40. The van der Waals surface area contributed by atoms with Crippen LogP contribution in [0.15, 0.2) is 29.2 Å². The Kier molecular flexibility index (Phi) is 5.39. The lowest BCUT2D eigenvalue weighted by Gasteiger charge is -2.23. The molecule has 0 bridgehead atoms. The molecule has 1 fully saturated rings. The first-order valence-electron chi connectivity index (χ1n) is 7.16. The van der Waals surface area contributed by atoms with Gasteiger partial charge in [-0.1, -0.05) is 6.92 Å². The summed E-state index contributed by atoms with van der Waals surface area (Å²) in [5.41, 5.74) is 0.964. The van der Waals surface area contributed by atoms with Gasteiger partial charge in [0.1, 0.15) is 0 Å². The van der Waals surface area contributed by atoms with Gasteiger partial charge >= 0.3 is 0 Å². The summed E-state index contributed by atoms with van der Waals surface area (Å²) in [6, 6.07) is 6.92. The number of anilines is 1. The minimum atomic E-state index is -3.35. The Morgan fingerprint density at radius 1 is 1.30 bits per heavy atom. The molecule has 0 spiro atoms. The van der Waals surface area contributed by atoms with Gasteiger partial charge in [0.05, 0.1) is 4.90 Å². The standard InChI is InChI=1S/C14H23N3O2S/c1-2-17-20(18,19)14-7-5-13(6-8-14)16-11-12-4-3-9-15-10-12/h5-8,12,15-17H,2-4,9-11H2,1H3. The van der Waals surface area contributed by atoms with Crippen molar-refractivity contribution < 1.29 is 8.42 Å². The molecule has 0 aliphatic carbocycles. The van der Waals surface area contributed by atoms with Crippen molar-refractivity contribution in [3.05, 3.63) is 24.3 Å². The van der Waals surface area contributed by atoms with E-state index in [1.807, 2.05) is 12.1 Å². The largest absolute Gasteiger partial charge is 0.385 e. The summed E-state index contributed by atoms with van der Waals surface area (Å²) >= 11 is 0. The molecule has 1 saturated heterocycles. The van der Waals surface area contributed by atoms with E-state index in [0.717, 1.165) is 25.3 Å². The lowest BCUT2D eigenvalue weighted by atomic mass is 10.00. The van der Waals surface area contributed by atoms with Gasteiger partial charge in [-0.2, -0.15) is 0 Å². The molecule has 112 valence electrons. The summed E-state index contributed by atoms with van der Waals surface area (Å²) in [5, 5.41) is 6.76. The van der Waals surface area contributed by atoms with Crippen molar-refractivity contribution in [2.24, 2.45) is 5.92 Å². The highest BCUT2D eigenvalue weighted by molar-refractivity contribution is 7.89. The molecule has 0 saturated carbocycles. The fourth-order valence-electron chi connectivity index (χ4n) is 2.39. The highest BCUT2D eigenvalue weighted by Crippen LogP contribution is 2.16. The molecule has 2 rings (SSSR count). The van der Waals surface area contributed by atoms with Crippen LogP contribution in [0.3, 0.4) is 0 Å². The van der Waals surface area contributed by atoms with E-state index >= 15 is 0 Å². The Balaban J connectivity index is 1.91. The summed E-state index contributed by atoms with van der Waals surface area (Å²) in [4.78, 5) is 0.309. The highest BCUT2D eigenvalue weighted by Gasteiger charge is 2.14. The van der Waals surface area contributed by atoms with E-state index in [2.05, 4.69) is 15.4 Å². The van der Waals surface area contributed by atoms with Crippen LogP contribution in [0.25, 0.3) is 0 Å². The molecular formula is C14H23N3O2S. The van der Waals surface area contributed by atoms with Crippen LogP contribution >= 0.6 is 0 Å². The molecule has 1 aliphatic rings.